The highest BCUT2D eigenvalue weighted by atomic mass is 32.2. The second-order valence-electron chi connectivity index (χ2n) is 9.27. The van der Waals surface area contributed by atoms with E-state index in [1.807, 2.05) is 6.07 Å². The monoisotopic (exact) mass is 572 g/mol. The highest BCUT2D eigenvalue weighted by molar-refractivity contribution is 7.99. The molecule has 1 aromatic heterocycles. The third kappa shape index (κ3) is 6.62. The van der Waals surface area contributed by atoms with Crippen molar-refractivity contribution in [3.05, 3.63) is 30.3 Å². The molecule has 1 aromatic carbocycles. The second kappa shape index (κ2) is 12.7. The Labute approximate surface area is 232 Å². The van der Waals surface area contributed by atoms with E-state index in [1.165, 1.54) is 16.6 Å². The van der Waals surface area contributed by atoms with Crippen molar-refractivity contribution in [2.75, 3.05) is 12.3 Å². The highest BCUT2D eigenvalue weighted by Crippen LogP contribution is 2.25. The van der Waals surface area contributed by atoms with Crippen molar-refractivity contribution >= 4 is 47.1 Å². The van der Waals surface area contributed by atoms with Crippen LogP contribution in [0, 0.1) is 0 Å². The number of amides is 4. The smallest absolute Gasteiger partial charge is 0.305 e. The van der Waals surface area contributed by atoms with Crippen LogP contribution in [-0.2, 0) is 28.8 Å². The lowest BCUT2D eigenvalue weighted by Gasteiger charge is -2.43. The van der Waals surface area contributed by atoms with E-state index in [1.54, 1.807) is 24.3 Å². The summed E-state index contributed by atoms with van der Waals surface area (Å²) in [6.45, 7) is 1.46. The van der Waals surface area contributed by atoms with Crippen LogP contribution in [0.25, 0.3) is 5.69 Å². The number of carboxylic acids is 1. The summed E-state index contributed by atoms with van der Waals surface area (Å²) in [4.78, 5) is 75.7. The van der Waals surface area contributed by atoms with Crippen LogP contribution in [0.5, 0.6) is 0 Å². The Morgan fingerprint density at radius 3 is 2.60 bits per heavy atom. The molecule has 4 rings (SSSR count). The summed E-state index contributed by atoms with van der Waals surface area (Å²) in [5.41, 5.74) is 0.661. The number of nitrogens with zero attached hydrogens (tertiary/aromatic N) is 6. The molecule has 3 atom stereocenters. The fourth-order valence-electron chi connectivity index (χ4n) is 4.58. The molecule has 15 nitrogen and oxygen atoms in total. The Hall–Kier alpha value is -4.34. The summed E-state index contributed by atoms with van der Waals surface area (Å²) in [5.74, 6) is -4.36. The molecule has 0 radical (unpaired) electrons. The Morgan fingerprint density at radius 1 is 1.15 bits per heavy atom. The highest BCUT2D eigenvalue weighted by Gasteiger charge is 2.45. The summed E-state index contributed by atoms with van der Waals surface area (Å²) in [6, 6.07) is 5.39. The van der Waals surface area contributed by atoms with E-state index in [0.29, 0.717) is 17.3 Å². The first-order chi connectivity index (χ1) is 19.2. The van der Waals surface area contributed by atoms with Crippen LogP contribution in [0.15, 0.2) is 35.5 Å². The van der Waals surface area contributed by atoms with Crippen LogP contribution < -0.4 is 10.6 Å². The van der Waals surface area contributed by atoms with Gasteiger partial charge in [-0.3, -0.25) is 33.8 Å². The fraction of sp³-hybridized carbons (Fsp3) is 0.458. The number of benzene rings is 1. The van der Waals surface area contributed by atoms with Gasteiger partial charge in [-0.2, -0.15) is 4.68 Å². The summed E-state index contributed by atoms with van der Waals surface area (Å²) >= 11 is 0.978. The van der Waals surface area contributed by atoms with Gasteiger partial charge >= 0.3 is 5.97 Å². The number of tetrazole rings is 1. The van der Waals surface area contributed by atoms with Crippen LogP contribution in [0.3, 0.4) is 0 Å². The second-order valence-corrected chi connectivity index (χ2v) is 10.2. The lowest BCUT2D eigenvalue weighted by molar-refractivity contribution is -0.176. The van der Waals surface area contributed by atoms with Gasteiger partial charge in [0.25, 0.3) is 5.91 Å². The molecule has 2 aromatic rings. The number of fused-ring (bicyclic) bond motifs is 1. The fourth-order valence-corrected chi connectivity index (χ4v) is 5.41. The zero-order valence-electron chi connectivity index (χ0n) is 21.6. The third-order valence-corrected chi connectivity index (χ3v) is 7.35. The maximum absolute atomic E-state index is 13.4. The number of nitrogens with one attached hydrogen (secondary N) is 2. The van der Waals surface area contributed by atoms with Crippen LogP contribution in [0.1, 0.15) is 39.0 Å². The van der Waals surface area contributed by atoms with Crippen molar-refractivity contribution in [2.24, 2.45) is 0 Å². The van der Waals surface area contributed by atoms with Gasteiger partial charge in [0, 0.05) is 19.9 Å². The van der Waals surface area contributed by atoms with Crippen molar-refractivity contribution in [1.82, 2.24) is 40.9 Å². The summed E-state index contributed by atoms with van der Waals surface area (Å²) < 4.78 is 1.42. The van der Waals surface area contributed by atoms with E-state index in [9.17, 15) is 33.9 Å². The van der Waals surface area contributed by atoms with Crippen LogP contribution in [0.4, 0.5) is 0 Å². The SMILES string of the molecule is CC(=O)NC1CCC(=O)N2CCCC(C(=O)NC(CC(=O)O)C(=O)CSc3nnnn3-c3ccccc3)N2C1=O. The Kier molecular flexibility index (Phi) is 9.08. The number of carbonyl (C=O) groups excluding carboxylic acids is 5. The van der Waals surface area contributed by atoms with Gasteiger partial charge in [-0.1, -0.05) is 30.0 Å². The Morgan fingerprint density at radius 2 is 1.90 bits per heavy atom. The number of hydrazine groups is 1. The molecule has 0 bridgehead atoms. The van der Waals surface area contributed by atoms with Gasteiger partial charge in [0.05, 0.1) is 23.9 Å². The number of para-hydroxylation sites is 1. The maximum atomic E-state index is 13.4. The zero-order valence-corrected chi connectivity index (χ0v) is 22.4. The minimum atomic E-state index is -1.40. The van der Waals surface area contributed by atoms with Crippen molar-refractivity contribution in [3.8, 4) is 5.69 Å². The number of rotatable bonds is 10. The minimum Gasteiger partial charge on any atom is -0.481 e. The molecule has 2 saturated heterocycles. The number of Topliss-reactive ketones (excluding diaryl/α,β-unsaturated/α-hetero) is 1. The average molecular weight is 573 g/mol. The predicted octanol–water partition coefficient (Wildman–Crippen LogP) is -0.684. The standard InChI is InChI=1S/C24H28N8O7S/c1-14(33)25-16-9-10-20(35)30-11-5-8-18(32(30)23(16)39)22(38)26-17(12-21(36)37)19(34)13-40-24-27-28-29-31(24)15-6-3-2-4-7-15/h2-4,6-7,16-18H,5,8-13H2,1H3,(H,25,33)(H,26,38)(H,36,37). The molecule has 2 aliphatic heterocycles. The molecule has 3 N–H and O–H groups in total. The number of hydrogen-bond acceptors (Lipinski definition) is 10. The van der Waals surface area contributed by atoms with E-state index >= 15 is 0 Å². The number of hydrogen-bond donors (Lipinski definition) is 3. The number of aliphatic carboxylic acids is 1. The molecule has 2 aliphatic rings. The predicted molar refractivity (Wildman–Crippen MR) is 137 cm³/mol. The van der Waals surface area contributed by atoms with E-state index in [4.69, 9.17) is 0 Å². The molecule has 3 unspecified atom stereocenters. The summed E-state index contributed by atoms with van der Waals surface area (Å²) in [6.07, 6.45) is -0.0109. The van der Waals surface area contributed by atoms with Crippen molar-refractivity contribution in [2.45, 2.75) is 62.3 Å². The van der Waals surface area contributed by atoms with E-state index < -0.39 is 54.0 Å². The van der Waals surface area contributed by atoms with Gasteiger partial charge in [-0.25, -0.2) is 5.01 Å². The molecule has 0 aliphatic carbocycles. The van der Waals surface area contributed by atoms with Crippen LogP contribution in [0.2, 0.25) is 0 Å². The quantitative estimate of drug-likeness (QED) is 0.305. The van der Waals surface area contributed by atoms with Gasteiger partial charge in [0.2, 0.25) is 22.9 Å². The molecular formula is C24H28N8O7S. The van der Waals surface area contributed by atoms with Crippen molar-refractivity contribution in [3.63, 3.8) is 0 Å². The summed E-state index contributed by atoms with van der Waals surface area (Å²) in [5, 5.41) is 28.4. The lowest BCUT2D eigenvalue weighted by Crippen LogP contribution is -2.64. The van der Waals surface area contributed by atoms with Gasteiger partial charge < -0.3 is 15.7 Å². The minimum absolute atomic E-state index is 0.00132. The average Bonchev–Trinajstić information content (AvgIpc) is 3.37. The van der Waals surface area contributed by atoms with Gasteiger partial charge in [0.15, 0.2) is 5.78 Å². The molecule has 16 heteroatoms. The van der Waals surface area contributed by atoms with Crippen LogP contribution in [-0.4, -0.2) is 101 Å². The number of ketones is 1. The number of aromatic nitrogens is 4. The van der Waals surface area contributed by atoms with E-state index in [-0.39, 0.29) is 37.5 Å². The largest absolute Gasteiger partial charge is 0.481 e. The van der Waals surface area contributed by atoms with Crippen molar-refractivity contribution in [1.29, 1.82) is 0 Å². The molecule has 3 heterocycles. The zero-order chi connectivity index (χ0) is 28.8. The molecule has 212 valence electrons. The van der Waals surface area contributed by atoms with Crippen LogP contribution >= 0.6 is 11.8 Å². The van der Waals surface area contributed by atoms with Gasteiger partial charge in [-0.15, -0.1) is 5.10 Å². The summed E-state index contributed by atoms with van der Waals surface area (Å²) in [7, 11) is 0. The normalized spacial score (nSPS) is 19.8. The molecule has 2 fully saturated rings. The molecule has 4 amide bonds. The molecule has 0 saturated carbocycles. The Balaban J connectivity index is 1.48. The van der Waals surface area contributed by atoms with Crippen molar-refractivity contribution < 1.29 is 33.9 Å². The van der Waals surface area contributed by atoms with Gasteiger partial charge in [0.1, 0.15) is 12.1 Å². The molecular weight excluding hydrogens is 544 g/mol. The topological polar surface area (TPSA) is 197 Å². The first-order valence-electron chi connectivity index (χ1n) is 12.6. The first-order valence-corrected chi connectivity index (χ1v) is 13.6. The number of thioether (sulfide) groups is 1. The lowest BCUT2D eigenvalue weighted by atomic mass is 10.0. The Bertz CT molecular complexity index is 1300. The molecule has 40 heavy (non-hydrogen) atoms. The van der Waals surface area contributed by atoms with E-state index in [2.05, 4.69) is 26.2 Å². The molecule has 0 spiro atoms. The number of carbonyl (C=O) groups is 6. The maximum Gasteiger partial charge on any atom is 0.305 e. The number of carboxylic acid groups (broad SMARTS) is 1. The van der Waals surface area contributed by atoms with E-state index in [0.717, 1.165) is 16.8 Å². The first kappa shape index (κ1) is 28.7. The van der Waals surface area contributed by atoms with Gasteiger partial charge in [-0.05, 0) is 41.8 Å². The third-order valence-electron chi connectivity index (χ3n) is 6.41.